The Morgan fingerprint density at radius 1 is 1.30 bits per heavy atom. The summed E-state index contributed by atoms with van der Waals surface area (Å²) in [5, 5.41) is 3.12. The second kappa shape index (κ2) is 4.82. The van der Waals surface area contributed by atoms with Crippen molar-refractivity contribution >= 4 is 5.91 Å². The van der Waals surface area contributed by atoms with E-state index in [1.54, 1.807) is 6.07 Å². The highest BCUT2D eigenvalue weighted by Gasteiger charge is 2.32. The number of fused-ring (bicyclic) bond motifs is 1. The average molecular weight is 269 g/mol. The molecule has 1 heterocycles. The van der Waals surface area contributed by atoms with Crippen LogP contribution in [0.25, 0.3) is 0 Å². The van der Waals surface area contributed by atoms with Gasteiger partial charge in [-0.2, -0.15) is 0 Å². The molecule has 2 aromatic rings. The van der Waals surface area contributed by atoms with Crippen LogP contribution in [0.2, 0.25) is 0 Å². The zero-order chi connectivity index (χ0) is 14.2. The van der Waals surface area contributed by atoms with E-state index in [2.05, 4.69) is 37.4 Å². The number of furan rings is 1. The van der Waals surface area contributed by atoms with Crippen molar-refractivity contribution in [2.75, 3.05) is 0 Å². The molecule has 0 saturated heterocycles. The number of nitrogens with one attached hydrogen (secondary N) is 1. The van der Waals surface area contributed by atoms with Crippen molar-refractivity contribution in [3.8, 4) is 0 Å². The van der Waals surface area contributed by atoms with Crippen molar-refractivity contribution in [3.63, 3.8) is 0 Å². The number of hydrogen-bond donors (Lipinski definition) is 1. The molecule has 1 aliphatic carbocycles. The third kappa shape index (κ3) is 2.24. The summed E-state index contributed by atoms with van der Waals surface area (Å²) in [6, 6.07) is 10.2. The van der Waals surface area contributed by atoms with Crippen LogP contribution in [0.1, 0.15) is 54.2 Å². The maximum atomic E-state index is 12.2. The number of carbonyl (C=O) groups excluding carboxylic acids is 1. The van der Waals surface area contributed by atoms with Crippen molar-refractivity contribution in [1.29, 1.82) is 0 Å². The maximum absolute atomic E-state index is 12.2. The van der Waals surface area contributed by atoms with E-state index in [1.165, 1.54) is 23.7 Å². The number of hydrogen-bond acceptors (Lipinski definition) is 2. The average Bonchev–Trinajstić information content (AvgIpc) is 2.96. The lowest BCUT2D eigenvalue weighted by Crippen LogP contribution is -2.35. The Bertz CT molecular complexity index is 614. The first-order chi connectivity index (χ1) is 9.58. The van der Waals surface area contributed by atoms with Crippen LogP contribution < -0.4 is 5.32 Å². The Morgan fingerprint density at radius 3 is 2.85 bits per heavy atom. The molecule has 3 rings (SSSR count). The fourth-order valence-electron chi connectivity index (χ4n) is 3.00. The van der Waals surface area contributed by atoms with Crippen LogP contribution in [0, 0.1) is 0 Å². The summed E-state index contributed by atoms with van der Waals surface area (Å²) in [4.78, 5) is 12.2. The zero-order valence-corrected chi connectivity index (χ0v) is 11.8. The molecule has 0 spiro atoms. The van der Waals surface area contributed by atoms with Gasteiger partial charge in [-0.15, -0.1) is 0 Å². The smallest absolute Gasteiger partial charge is 0.255 e. The van der Waals surface area contributed by atoms with Crippen molar-refractivity contribution < 1.29 is 9.21 Å². The van der Waals surface area contributed by atoms with E-state index in [4.69, 9.17) is 4.42 Å². The second-order valence-corrected chi connectivity index (χ2v) is 6.05. The molecule has 1 N–H and O–H groups in total. The molecule has 3 nitrogen and oxygen atoms in total. The van der Waals surface area contributed by atoms with E-state index in [1.807, 2.05) is 6.07 Å². The predicted octanol–water partition coefficient (Wildman–Crippen LogP) is 3.82. The number of rotatable bonds is 2. The van der Waals surface area contributed by atoms with E-state index < -0.39 is 0 Å². The molecule has 104 valence electrons. The Balaban J connectivity index is 1.87. The number of amides is 1. The van der Waals surface area contributed by atoms with Gasteiger partial charge in [0.1, 0.15) is 6.26 Å². The van der Waals surface area contributed by atoms with Gasteiger partial charge >= 0.3 is 0 Å². The lowest BCUT2D eigenvalue weighted by Gasteiger charge is -2.37. The molecule has 0 radical (unpaired) electrons. The van der Waals surface area contributed by atoms with Crippen LogP contribution in [-0.2, 0) is 5.41 Å². The largest absolute Gasteiger partial charge is 0.472 e. The van der Waals surface area contributed by atoms with Crippen LogP contribution in [-0.4, -0.2) is 5.91 Å². The molecule has 20 heavy (non-hydrogen) atoms. The third-order valence-electron chi connectivity index (χ3n) is 4.21. The summed E-state index contributed by atoms with van der Waals surface area (Å²) in [7, 11) is 0. The predicted molar refractivity (Wildman–Crippen MR) is 77.6 cm³/mol. The minimum absolute atomic E-state index is 0.0711. The molecule has 1 aliphatic rings. The summed E-state index contributed by atoms with van der Waals surface area (Å²) < 4.78 is 4.97. The van der Waals surface area contributed by atoms with Crippen LogP contribution in [0.5, 0.6) is 0 Å². The van der Waals surface area contributed by atoms with Crippen LogP contribution in [0.3, 0.4) is 0 Å². The first kappa shape index (κ1) is 13.0. The third-order valence-corrected chi connectivity index (χ3v) is 4.21. The van der Waals surface area contributed by atoms with Gasteiger partial charge in [-0.1, -0.05) is 38.1 Å². The normalized spacial score (nSPS) is 20.2. The van der Waals surface area contributed by atoms with Crippen LogP contribution >= 0.6 is 0 Å². The Hall–Kier alpha value is -2.03. The monoisotopic (exact) mass is 269 g/mol. The minimum Gasteiger partial charge on any atom is -0.472 e. The lowest BCUT2D eigenvalue weighted by atomic mass is 9.71. The molecule has 3 heteroatoms. The molecule has 0 aliphatic heterocycles. The van der Waals surface area contributed by atoms with Gasteiger partial charge in [0.15, 0.2) is 0 Å². The van der Waals surface area contributed by atoms with Gasteiger partial charge in [0.05, 0.1) is 17.9 Å². The molecule has 0 bridgehead atoms. The quantitative estimate of drug-likeness (QED) is 0.900. The zero-order valence-electron chi connectivity index (χ0n) is 11.8. The number of carbonyl (C=O) groups is 1. The Morgan fingerprint density at radius 2 is 2.10 bits per heavy atom. The molecule has 1 aromatic heterocycles. The van der Waals surface area contributed by atoms with Crippen LogP contribution in [0.15, 0.2) is 47.3 Å². The number of benzene rings is 1. The molecule has 1 atom stereocenters. The van der Waals surface area contributed by atoms with Gasteiger partial charge < -0.3 is 9.73 Å². The fraction of sp³-hybridized carbons (Fsp3) is 0.353. The summed E-state index contributed by atoms with van der Waals surface area (Å²) in [6.07, 6.45) is 5.04. The first-order valence-electron chi connectivity index (χ1n) is 7.00. The van der Waals surface area contributed by atoms with E-state index in [9.17, 15) is 4.79 Å². The van der Waals surface area contributed by atoms with Gasteiger partial charge in [-0.05, 0) is 35.4 Å². The summed E-state index contributed by atoms with van der Waals surface area (Å²) in [5.41, 5.74) is 3.32. The highest BCUT2D eigenvalue weighted by molar-refractivity contribution is 5.94. The van der Waals surface area contributed by atoms with E-state index in [-0.39, 0.29) is 17.4 Å². The van der Waals surface area contributed by atoms with Crippen molar-refractivity contribution in [2.24, 2.45) is 0 Å². The second-order valence-electron chi connectivity index (χ2n) is 6.05. The maximum Gasteiger partial charge on any atom is 0.255 e. The van der Waals surface area contributed by atoms with E-state index >= 15 is 0 Å². The Labute approximate surface area is 119 Å². The lowest BCUT2D eigenvalue weighted by molar-refractivity contribution is 0.0929. The standard InChI is InChI=1S/C17H19NO2/c1-17(2)9-7-15(13-5-3-4-6-14(13)17)18-16(19)12-8-10-20-11-12/h3-6,8,10-11,15H,7,9H2,1-2H3,(H,18,19). The van der Waals surface area contributed by atoms with Crippen molar-refractivity contribution in [3.05, 3.63) is 59.5 Å². The molecule has 0 fully saturated rings. The fourth-order valence-corrected chi connectivity index (χ4v) is 3.00. The SMILES string of the molecule is CC1(C)CCC(NC(=O)c2ccoc2)c2ccccc21. The highest BCUT2D eigenvalue weighted by atomic mass is 16.3. The van der Waals surface area contributed by atoms with Crippen LogP contribution in [0.4, 0.5) is 0 Å². The van der Waals surface area contributed by atoms with E-state index in [0.29, 0.717) is 5.56 Å². The minimum atomic E-state index is -0.0711. The van der Waals surface area contributed by atoms with Gasteiger partial charge in [0.25, 0.3) is 5.91 Å². The summed E-state index contributed by atoms with van der Waals surface area (Å²) in [6.45, 7) is 4.53. The topological polar surface area (TPSA) is 42.2 Å². The highest BCUT2D eigenvalue weighted by Crippen LogP contribution is 2.41. The van der Waals surface area contributed by atoms with Crippen molar-refractivity contribution in [2.45, 2.75) is 38.1 Å². The summed E-state index contributed by atoms with van der Waals surface area (Å²) >= 11 is 0. The van der Waals surface area contributed by atoms with Gasteiger partial charge in [-0.3, -0.25) is 4.79 Å². The van der Waals surface area contributed by atoms with E-state index in [0.717, 1.165) is 12.8 Å². The molecule has 1 amide bonds. The molecule has 0 saturated carbocycles. The molecule has 1 aromatic carbocycles. The molecule has 1 unspecified atom stereocenters. The van der Waals surface area contributed by atoms with Gasteiger partial charge in [-0.25, -0.2) is 0 Å². The van der Waals surface area contributed by atoms with Gasteiger partial charge in [0.2, 0.25) is 0 Å². The first-order valence-corrected chi connectivity index (χ1v) is 7.00. The Kier molecular flexibility index (Phi) is 3.13. The van der Waals surface area contributed by atoms with Gasteiger partial charge in [0, 0.05) is 0 Å². The van der Waals surface area contributed by atoms with Crippen molar-refractivity contribution in [1.82, 2.24) is 5.32 Å². The molecular formula is C17H19NO2. The summed E-state index contributed by atoms with van der Waals surface area (Å²) in [5.74, 6) is -0.0711. The molecular weight excluding hydrogens is 250 g/mol.